The second kappa shape index (κ2) is 17.8. The molecule has 3 rings (SSSR count). The molecule has 17 heteroatoms. The van der Waals surface area contributed by atoms with E-state index in [-0.39, 0.29) is 36.6 Å². The summed E-state index contributed by atoms with van der Waals surface area (Å²) in [5, 5.41) is 5.39. The lowest BCUT2D eigenvalue weighted by Crippen LogP contribution is -2.43. The monoisotopic (exact) mass is 758 g/mol. The van der Waals surface area contributed by atoms with Gasteiger partial charge in [-0.15, -0.1) is 0 Å². The molecule has 0 radical (unpaired) electrons. The van der Waals surface area contributed by atoms with Crippen LogP contribution in [0.25, 0.3) is 22.4 Å². The molecule has 2 unspecified atom stereocenters. The van der Waals surface area contributed by atoms with Crippen LogP contribution in [0.2, 0.25) is 0 Å². The van der Waals surface area contributed by atoms with Gasteiger partial charge >= 0.3 is 38.6 Å². The van der Waals surface area contributed by atoms with E-state index in [1.165, 1.54) is 7.11 Å². The number of nitrogens with zero attached hydrogens (tertiary/aromatic N) is 3. The summed E-state index contributed by atoms with van der Waals surface area (Å²) in [5.74, 6) is -2.92. The predicted molar refractivity (Wildman–Crippen MR) is 195 cm³/mol. The van der Waals surface area contributed by atoms with E-state index < -0.39 is 61.6 Å². The van der Waals surface area contributed by atoms with Crippen LogP contribution >= 0.6 is 8.69 Å². The number of hydrogen-bond acceptors (Lipinski definition) is 14. The van der Waals surface area contributed by atoms with Crippen LogP contribution < -0.4 is 20.1 Å². The Labute approximate surface area is 310 Å². The molecule has 0 aliphatic rings. The van der Waals surface area contributed by atoms with E-state index in [1.807, 2.05) is 0 Å². The number of pyridine rings is 1. The van der Waals surface area contributed by atoms with Crippen LogP contribution in [0.3, 0.4) is 0 Å². The van der Waals surface area contributed by atoms with Crippen molar-refractivity contribution in [3.8, 4) is 22.8 Å². The number of aromatic nitrogens is 3. The molecule has 0 saturated heterocycles. The fraction of sp³-hybridized carbons (Fsp3) is 0.528. The molecule has 1 aromatic carbocycles. The Morgan fingerprint density at radius 3 is 2.11 bits per heavy atom. The van der Waals surface area contributed by atoms with Crippen LogP contribution in [0, 0.1) is 16.2 Å². The Balaban J connectivity index is 1.63. The first-order valence-electron chi connectivity index (χ1n) is 16.9. The molecule has 0 spiro atoms. The van der Waals surface area contributed by atoms with Crippen molar-refractivity contribution in [2.75, 3.05) is 25.8 Å². The Morgan fingerprint density at radius 1 is 0.811 bits per heavy atom. The molecule has 2 N–H and O–H groups in total. The number of amides is 2. The molecule has 0 aliphatic carbocycles. The smallest absolute Gasteiger partial charge is 0.493 e. The van der Waals surface area contributed by atoms with Crippen molar-refractivity contribution in [1.82, 2.24) is 20.3 Å². The molecule has 0 aliphatic heterocycles. The number of carbonyl (C=O) groups excluding carboxylic acids is 4. The van der Waals surface area contributed by atoms with E-state index in [9.17, 15) is 23.7 Å². The standard InChI is InChI=1S/C36H48N5O11P/c1-33(2,3)29(42)48-21-49-36(52-53-46,51-31(44)35(7,8)9)17-11-12-18-37-32(45)41-27-16-14-23-28(40-27)39-24(20-38-23)22-13-15-25(26(19-22)47-10)50-30(43)34(4,5)6/h13-16,19-20,53H,11-12,17-18,21H2,1-10H3,(H-,37,39,40,41,45)/p+1. The molecule has 288 valence electrons. The average molecular weight is 759 g/mol. The summed E-state index contributed by atoms with van der Waals surface area (Å²) in [7, 11) is 0.116. The average Bonchev–Trinajstić information content (AvgIpc) is 3.06. The third kappa shape index (κ3) is 12.7. The summed E-state index contributed by atoms with van der Waals surface area (Å²) >= 11 is 0. The van der Waals surface area contributed by atoms with Gasteiger partial charge in [0.05, 0.1) is 35.2 Å². The van der Waals surface area contributed by atoms with E-state index in [2.05, 4.69) is 25.6 Å². The van der Waals surface area contributed by atoms with Crippen LogP contribution in [0.15, 0.2) is 36.5 Å². The topological polar surface area (TPSA) is 203 Å². The molecule has 2 amide bonds. The number of hydrogen-bond donors (Lipinski definition) is 2. The first kappa shape index (κ1) is 42.6. The highest BCUT2D eigenvalue weighted by Gasteiger charge is 2.44. The van der Waals surface area contributed by atoms with Crippen LogP contribution in [-0.4, -0.2) is 65.3 Å². The molecule has 0 saturated carbocycles. The van der Waals surface area contributed by atoms with Crippen molar-refractivity contribution in [3.05, 3.63) is 36.5 Å². The minimum atomic E-state index is -2.09. The molecule has 0 fully saturated rings. The first-order valence-corrected chi connectivity index (χ1v) is 17.7. The predicted octanol–water partition coefficient (Wildman–Crippen LogP) is 6.71. The van der Waals surface area contributed by atoms with E-state index in [0.29, 0.717) is 28.9 Å². The maximum absolute atomic E-state index is 12.7. The Bertz CT molecular complexity index is 1800. The lowest BCUT2D eigenvalue weighted by molar-refractivity contribution is -0.348. The zero-order valence-electron chi connectivity index (χ0n) is 31.8. The Kier molecular flexibility index (Phi) is 14.3. The number of urea groups is 1. The summed E-state index contributed by atoms with van der Waals surface area (Å²) < 4.78 is 44.1. The number of methoxy groups -OCH3 is 1. The molecular weight excluding hydrogens is 709 g/mol. The number of anilines is 1. The lowest BCUT2D eigenvalue weighted by atomic mass is 9.97. The van der Waals surface area contributed by atoms with Crippen molar-refractivity contribution in [2.45, 2.75) is 87.5 Å². The van der Waals surface area contributed by atoms with Crippen LogP contribution in [0.5, 0.6) is 11.5 Å². The lowest BCUT2D eigenvalue weighted by Gasteiger charge is -2.30. The van der Waals surface area contributed by atoms with Gasteiger partial charge in [0.25, 0.3) is 0 Å². The number of fused-ring (bicyclic) bond motifs is 1. The normalized spacial score (nSPS) is 13.2. The summed E-state index contributed by atoms with van der Waals surface area (Å²) in [6.45, 7) is 14.7. The van der Waals surface area contributed by atoms with Gasteiger partial charge in [0, 0.05) is 18.5 Å². The van der Waals surface area contributed by atoms with Gasteiger partial charge in [0.2, 0.25) is 0 Å². The summed E-state index contributed by atoms with van der Waals surface area (Å²) in [4.78, 5) is 63.6. The van der Waals surface area contributed by atoms with Gasteiger partial charge in [-0.05, 0) is 110 Å². The van der Waals surface area contributed by atoms with E-state index in [1.54, 1.807) is 98.8 Å². The van der Waals surface area contributed by atoms with Crippen LogP contribution in [-0.2, 0) is 37.7 Å². The number of benzene rings is 1. The fourth-order valence-corrected chi connectivity index (χ4v) is 4.43. The van der Waals surface area contributed by atoms with Crippen LogP contribution in [0.1, 0.15) is 81.6 Å². The molecule has 16 nitrogen and oxygen atoms in total. The number of rotatable bonds is 15. The van der Waals surface area contributed by atoms with Crippen molar-refractivity contribution in [2.24, 2.45) is 16.2 Å². The maximum atomic E-state index is 12.7. The highest BCUT2D eigenvalue weighted by atomic mass is 31.1. The second-order valence-electron chi connectivity index (χ2n) is 15.1. The number of esters is 3. The van der Waals surface area contributed by atoms with Gasteiger partial charge in [0.1, 0.15) is 11.3 Å². The minimum absolute atomic E-state index is 0.0790. The van der Waals surface area contributed by atoms with Crippen molar-refractivity contribution in [3.63, 3.8) is 0 Å². The second-order valence-corrected chi connectivity index (χ2v) is 15.5. The third-order valence-electron chi connectivity index (χ3n) is 7.26. The summed E-state index contributed by atoms with van der Waals surface area (Å²) in [6, 6.07) is 7.72. The zero-order valence-corrected chi connectivity index (χ0v) is 32.8. The van der Waals surface area contributed by atoms with E-state index in [4.69, 9.17) is 28.2 Å². The number of carbonyl (C=O) groups is 4. The Hall–Kier alpha value is -4.79. The van der Waals surface area contributed by atoms with Gasteiger partial charge in [-0.1, -0.05) is 4.52 Å². The van der Waals surface area contributed by atoms with Gasteiger partial charge in [-0.3, -0.25) is 29.4 Å². The van der Waals surface area contributed by atoms with Gasteiger partial charge in [-0.2, -0.15) is 0 Å². The van der Waals surface area contributed by atoms with Crippen molar-refractivity contribution >= 4 is 49.6 Å². The van der Waals surface area contributed by atoms with Gasteiger partial charge in [-0.25, -0.2) is 14.8 Å². The Morgan fingerprint density at radius 2 is 1.49 bits per heavy atom. The van der Waals surface area contributed by atoms with Crippen LogP contribution in [0.4, 0.5) is 10.6 Å². The fourth-order valence-electron chi connectivity index (χ4n) is 4.10. The highest BCUT2D eigenvalue weighted by Crippen LogP contribution is 2.34. The SMILES string of the molecule is COc1cc(-c2cnc3ccc(NC(=O)NCCCCC(OCOC(=O)C(C)(C)C)(O[PH+]=O)OC(=O)C(C)(C)C)nc3n2)ccc1OC(=O)C(C)(C)C. The molecule has 2 heterocycles. The van der Waals surface area contributed by atoms with E-state index >= 15 is 0 Å². The summed E-state index contributed by atoms with van der Waals surface area (Å²) in [5.41, 5.74) is -0.577. The quantitative estimate of drug-likeness (QED) is 0.0544. The molecule has 2 aromatic heterocycles. The maximum Gasteiger partial charge on any atom is 0.500 e. The molecule has 53 heavy (non-hydrogen) atoms. The number of ether oxygens (including phenoxy) is 5. The number of unbranched alkanes of at least 4 members (excludes halogenated alkanes) is 1. The largest absolute Gasteiger partial charge is 0.500 e. The third-order valence-corrected chi connectivity index (χ3v) is 7.65. The van der Waals surface area contributed by atoms with Gasteiger partial charge in [0.15, 0.2) is 23.9 Å². The molecule has 2 atom stereocenters. The minimum Gasteiger partial charge on any atom is -0.493 e. The highest BCUT2D eigenvalue weighted by molar-refractivity contribution is 7.17. The van der Waals surface area contributed by atoms with Gasteiger partial charge < -0.3 is 24.3 Å². The number of nitrogens with one attached hydrogen (secondary N) is 2. The van der Waals surface area contributed by atoms with E-state index in [0.717, 1.165) is 0 Å². The van der Waals surface area contributed by atoms with Crippen molar-refractivity contribution in [1.29, 1.82) is 0 Å². The summed E-state index contributed by atoms with van der Waals surface area (Å²) in [6.07, 6.45) is 2.15. The van der Waals surface area contributed by atoms with Crippen molar-refractivity contribution < 1.29 is 52.0 Å². The zero-order chi connectivity index (χ0) is 39.6. The molecule has 3 aromatic rings. The molecular formula is C36H49N5O11P+. The molecule has 0 bridgehead atoms. The first-order chi connectivity index (χ1) is 24.7.